The Morgan fingerprint density at radius 1 is 1.33 bits per heavy atom. The van der Waals surface area contributed by atoms with Gasteiger partial charge in [0.1, 0.15) is 0 Å². The first-order valence-corrected chi connectivity index (χ1v) is 4.87. The van der Waals surface area contributed by atoms with Crippen LogP contribution in [0.25, 0.3) is 0 Å². The van der Waals surface area contributed by atoms with E-state index in [1.54, 1.807) is 12.1 Å². The van der Waals surface area contributed by atoms with E-state index in [9.17, 15) is 4.57 Å². The van der Waals surface area contributed by atoms with Gasteiger partial charge in [-0.05, 0) is 23.6 Å². The van der Waals surface area contributed by atoms with Gasteiger partial charge < -0.3 is 0 Å². The first-order chi connectivity index (χ1) is 5.33. The van der Waals surface area contributed by atoms with E-state index in [-0.39, 0.29) is 17.4 Å². The van der Waals surface area contributed by atoms with E-state index in [0.29, 0.717) is 11.9 Å². The van der Waals surface area contributed by atoms with Crippen LogP contribution in [0.3, 0.4) is 0 Å². The molecule has 64 valence electrons. The second-order valence-electron chi connectivity index (χ2n) is 2.05. The molecule has 0 saturated carbocycles. The molecule has 0 bridgehead atoms. The number of hydrogen-bond acceptors (Lipinski definition) is 2. The van der Waals surface area contributed by atoms with Crippen LogP contribution < -0.4 is 4.52 Å². The summed E-state index contributed by atoms with van der Waals surface area (Å²) in [4.78, 5) is 0. The maximum absolute atomic E-state index is 10.9. The first-order valence-electron chi connectivity index (χ1n) is 3.50. The summed E-state index contributed by atoms with van der Waals surface area (Å²) in [5, 5.41) is 0. The Morgan fingerprint density at radius 3 is 2.42 bits per heavy atom. The van der Waals surface area contributed by atoms with Crippen LogP contribution in [0.1, 0.15) is 6.92 Å². The lowest BCUT2D eigenvalue weighted by Gasteiger charge is -1.89. The van der Waals surface area contributed by atoms with Crippen LogP contribution in [-0.2, 0) is 4.57 Å². The van der Waals surface area contributed by atoms with Crippen LogP contribution >= 0.6 is 8.03 Å². The van der Waals surface area contributed by atoms with E-state index in [2.05, 4.69) is 0 Å². The quantitative estimate of drug-likeness (QED) is 0.546. The molecule has 1 unspecified atom stereocenters. The average molecular weight is 199 g/mol. The second-order valence-corrected chi connectivity index (χ2v) is 3.53. The maximum atomic E-state index is 10.9. The van der Waals surface area contributed by atoms with Crippen LogP contribution in [0, 0.1) is 0 Å². The minimum atomic E-state index is -1.50. The first kappa shape index (κ1) is 11.7. The van der Waals surface area contributed by atoms with Crippen LogP contribution in [-0.4, -0.2) is 23.5 Å². The molecular formula is C8H13AlO2P+. The standard InChI is InChI=1S/C8H10O2P.Al.3H/c1-2-11(9)10-8-6-4-3-5-7-8;;;;/h3-7H,2H2,1H3;;;;/q+1;;;;. The zero-order valence-corrected chi connectivity index (χ0v) is 7.25. The van der Waals surface area contributed by atoms with Gasteiger partial charge in [-0.1, -0.05) is 18.2 Å². The molecule has 0 aliphatic carbocycles. The molecule has 0 aromatic heterocycles. The van der Waals surface area contributed by atoms with Gasteiger partial charge >= 0.3 is 8.03 Å². The summed E-state index contributed by atoms with van der Waals surface area (Å²) >= 11 is 0. The molecular weight excluding hydrogens is 186 g/mol. The Morgan fingerprint density at radius 2 is 1.92 bits per heavy atom. The minimum absolute atomic E-state index is 0. The number of benzene rings is 1. The lowest BCUT2D eigenvalue weighted by molar-refractivity contribution is 0.506. The molecule has 1 atom stereocenters. The zero-order valence-electron chi connectivity index (χ0n) is 6.36. The average Bonchev–Trinajstić information content (AvgIpc) is 2.06. The third kappa shape index (κ3) is 3.88. The molecule has 1 rings (SSSR count). The van der Waals surface area contributed by atoms with E-state index in [0.717, 1.165) is 0 Å². The third-order valence-electron chi connectivity index (χ3n) is 1.21. The molecule has 4 heteroatoms. The smallest absolute Gasteiger partial charge is 0.254 e. The van der Waals surface area contributed by atoms with Gasteiger partial charge in [-0.3, -0.25) is 4.52 Å². The summed E-state index contributed by atoms with van der Waals surface area (Å²) in [5.74, 6) is 0.676. The molecule has 0 amide bonds. The number of hydrogen-bond donors (Lipinski definition) is 0. The normalized spacial score (nSPS) is 9.92. The molecule has 0 N–H and O–H groups in total. The fourth-order valence-electron chi connectivity index (χ4n) is 0.663. The zero-order chi connectivity index (χ0) is 8.10. The van der Waals surface area contributed by atoms with Crippen molar-refractivity contribution in [2.45, 2.75) is 6.92 Å². The lowest BCUT2D eigenvalue weighted by atomic mass is 10.3. The number of para-hydroxylation sites is 1. The summed E-state index contributed by atoms with van der Waals surface area (Å²) < 4.78 is 16.0. The summed E-state index contributed by atoms with van der Waals surface area (Å²) in [6.07, 6.45) is 0.560. The van der Waals surface area contributed by atoms with Crippen molar-refractivity contribution in [3.05, 3.63) is 30.3 Å². The Bertz CT molecular complexity index is 238. The predicted octanol–water partition coefficient (Wildman–Crippen LogP) is 1.64. The van der Waals surface area contributed by atoms with Gasteiger partial charge in [-0.15, -0.1) is 0 Å². The molecule has 1 aromatic carbocycles. The van der Waals surface area contributed by atoms with Gasteiger partial charge in [0.2, 0.25) is 0 Å². The van der Waals surface area contributed by atoms with E-state index in [1.807, 2.05) is 25.1 Å². The molecule has 0 spiro atoms. The molecule has 0 saturated heterocycles. The molecule has 12 heavy (non-hydrogen) atoms. The highest BCUT2D eigenvalue weighted by Gasteiger charge is 2.13. The van der Waals surface area contributed by atoms with Crippen molar-refractivity contribution in [2.24, 2.45) is 0 Å². The van der Waals surface area contributed by atoms with Crippen LogP contribution in [0.2, 0.25) is 0 Å². The van der Waals surface area contributed by atoms with Crippen LogP contribution in [0.5, 0.6) is 5.75 Å². The Labute approximate surface area is 83.9 Å². The fourth-order valence-corrected chi connectivity index (χ4v) is 1.15. The molecule has 0 heterocycles. The topological polar surface area (TPSA) is 26.3 Å². The van der Waals surface area contributed by atoms with Gasteiger partial charge in [0.05, 0.1) is 0 Å². The molecule has 0 aliphatic heterocycles. The van der Waals surface area contributed by atoms with Gasteiger partial charge in [-0.2, -0.15) is 0 Å². The van der Waals surface area contributed by atoms with Gasteiger partial charge in [0, 0.05) is 0 Å². The monoisotopic (exact) mass is 199 g/mol. The van der Waals surface area contributed by atoms with Crippen LogP contribution in [0.15, 0.2) is 30.3 Å². The Kier molecular flexibility index (Phi) is 6.02. The number of rotatable bonds is 3. The summed E-state index contributed by atoms with van der Waals surface area (Å²) in [7, 11) is -1.50. The van der Waals surface area contributed by atoms with Crippen LogP contribution in [0.4, 0.5) is 0 Å². The third-order valence-corrected chi connectivity index (χ3v) is 2.14. The van der Waals surface area contributed by atoms with Crippen molar-refractivity contribution in [1.82, 2.24) is 0 Å². The van der Waals surface area contributed by atoms with E-state index in [4.69, 9.17) is 4.52 Å². The lowest BCUT2D eigenvalue weighted by Crippen LogP contribution is -1.81. The molecule has 0 fully saturated rings. The minimum Gasteiger partial charge on any atom is -0.254 e. The van der Waals surface area contributed by atoms with Gasteiger partial charge in [0.25, 0.3) is 0 Å². The van der Waals surface area contributed by atoms with E-state index >= 15 is 0 Å². The SMILES string of the molecule is CC[P+](=O)Oc1ccccc1.[AlH3]. The molecule has 0 aliphatic rings. The molecule has 1 aromatic rings. The van der Waals surface area contributed by atoms with E-state index in [1.165, 1.54) is 0 Å². The van der Waals surface area contributed by atoms with Crippen molar-refractivity contribution < 1.29 is 9.09 Å². The molecule has 0 radical (unpaired) electrons. The second kappa shape index (κ2) is 6.20. The Hall–Kier alpha value is -0.348. The van der Waals surface area contributed by atoms with Gasteiger partial charge in [0.15, 0.2) is 29.3 Å². The van der Waals surface area contributed by atoms with Crippen molar-refractivity contribution in [3.63, 3.8) is 0 Å². The van der Waals surface area contributed by atoms with Crippen molar-refractivity contribution >= 4 is 25.4 Å². The summed E-state index contributed by atoms with van der Waals surface area (Å²) in [6.45, 7) is 1.83. The predicted molar refractivity (Wildman–Crippen MR) is 55.2 cm³/mol. The highest BCUT2D eigenvalue weighted by Crippen LogP contribution is 2.25. The van der Waals surface area contributed by atoms with Gasteiger partial charge in [-0.25, -0.2) is 0 Å². The highest BCUT2D eigenvalue weighted by molar-refractivity contribution is 7.39. The molecule has 2 nitrogen and oxygen atoms in total. The maximum Gasteiger partial charge on any atom is 0.555 e. The summed E-state index contributed by atoms with van der Waals surface area (Å²) in [5.41, 5.74) is 0. The van der Waals surface area contributed by atoms with E-state index < -0.39 is 8.03 Å². The van der Waals surface area contributed by atoms with Crippen molar-refractivity contribution in [3.8, 4) is 5.75 Å². The summed E-state index contributed by atoms with van der Waals surface area (Å²) in [6, 6.07) is 9.19. The highest BCUT2D eigenvalue weighted by atomic mass is 31.1. The largest absolute Gasteiger partial charge is 0.555 e. The fraction of sp³-hybridized carbons (Fsp3) is 0.250. The Balaban J connectivity index is 0.00000121. The van der Waals surface area contributed by atoms with Crippen molar-refractivity contribution in [1.29, 1.82) is 0 Å². The van der Waals surface area contributed by atoms with Crippen molar-refractivity contribution in [2.75, 3.05) is 6.16 Å².